The third kappa shape index (κ3) is 3.68. The summed E-state index contributed by atoms with van der Waals surface area (Å²) in [5, 5.41) is 6.74. The molecule has 0 saturated carbocycles. The molecular formula is C16H23N5. The fraction of sp³-hybridized carbons (Fsp3) is 0.438. The smallest absolute Gasteiger partial charge is 0.135 e. The molecule has 0 bridgehead atoms. The first kappa shape index (κ1) is 15.2. The van der Waals surface area contributed by atoms with Crippen molar-refractivity contribution >= 4 is 11.6 Å². The predicted octanol–water partition coefficient (Wildman–Crippen LogP) is 3.35. The minimum absolute atomic E-state index is 0.0963. The average Bonchev–Trinajstić information content (AvgIpc) is 2.52. The summed E-state index contributed by atoms with van der Waals surface area (Å²) in [4.78, 5) is 13.5. The lowest BCUT2D eigenvalue weighted by atomic mass is 10.2. The van der Waals surface area contributed by atoms with Gasteiger partial charge in [-0.1, -0.05) is 13.0 Å². The van der Waals surface area contributed by atoms with E-state index in [0.29, 0.717) is 0 Å². The molecule has 112 valence electrons. The Balaban J connectivity index is 2.28. The predicted molar refractivity (Wildman–Crippen MR) is 86.6 cm³/mol. The summed E-state index contributed by atoms with van der Waals surface area (Å²) in [6.07, 6.45) is 2.62. The molecule has 21 heavy (non-hydrogen) atoms. The van der Waals surface area contributed by atoms with Gasteiger partial charge in [-0.3, -0.25) is 4.98 Å². The highest BCUT2D eigenvalue weighted by Crippen LogP contribution is 2.24. The van der Waals surface area contributed by atoms with E-state index in [-0.39, 0.29) is 6.04 Å². The van der Waals surface area contributed by atoms with Crippen molar-refractivity contribution in [2.75, 3.05) is 17.2 Å². The van der Waals surface area contributed by atoms with Gasteiger partial charge in [0.25, 0.3) is 0 Å². The second kappa shape index (κ2) is 7.02. The fourth-order valence-electron chi connectivity index (χ4n) is 2.11. The van der Waals surface area contributed by atoms with Crippen LogP contribution in [0.25, 0.3) is 0 Å². The van der Waals surface area contributed by atoms with E-state index in [1.165, 1.54) is 0 Å². The average molecular weight is 285 g/mol. The zero-order valence-electron chi connectivity index (χ0n) is 13.1. The van der Waals surface area contributed by atoms with Crippen molar-refractivity contribution in [1.29, 1.82) is 0 Å². The number of anilines is 2. The molecule has 0 spiro atoms. The van der Waals surface area contributed by atoms with Crippen molar-refractivity contribution in [1.82, 2.24) is 15.0 Å². The lowest BCUT2D eigenvalue weighted by molar-refractivity contribution is 0.819. The van der Waals surface area contributed by atoms with Gasteiger partial charge in [0.15, 0.2) is 0 Å². The lowest BCUT2D eigenvalue weighted by Crippen LogP contribution is -2.14. The number of pyridine rings is 1. The van der Waals surface area contributed by atoms with Crippen LogP contribution in [0.2, 0.25) is 0 Å². The van der Waals surface area contributed by atoms with Gasteiger partial charge in [-0.2, -0.15) is 0 Å². The largest absolute Gasteiger partial charge is 0.370 e. The molecule has 0 aliphatic heterocycles. The molecule has 1 atom stereocenters. The van der Waals surface area contributed by atoms with Crippen molar-refractivity contribution in [2.24, 2.45) is 0 Å². The molecule has 0 aliphatic rings. The van der Waals surface area contributed by atoms with Crippen molar-refractivity contribution in [3.05, 3.63) is 41.5 Å². The van der Waals surface area contributed by atoms with Crippen LogP contribution in [0.1, 0.15) is 43.9 Å². The van der Waals surface area contributed by atoms with Crippen LogP contribution in [0, 0.1) is 6.92 Å². The number of aromatic nitrogens is 3. The zero-order chi connectivity index (χ0) is 15.2. The first-order valence-corrected chi connectivity index (χ1v) is 7.44. The molecule has 2 aromatic heterocycles. The maximum Gasteiger partial charge on any atom is 0.135 e. The Kier molecular flexibility index (Phi) is 5.09. The molecule has 0 radical (unpaired) electrons. The summed E-state index contributed by atoms with van der Waals surface area (Å²) in [7, 11) is 0. The Bertz CT molecular complexity index is 583. The molecule has 0 fully saturated rings. The first-order valence-electron chi connectivity index (χ1n) is 7.44. The number of aryl methyl sites for hydroxylation is 1. The Morgan fingerprint density at radius 1 is 1.14 bits per heavy atom. The minimum atomic E-state index is 0.0963. The van der Waals surface area contributed by atoms with Crippen LogP contribution in [-0.4, -0.2) is 21.5 Å². The number of rotatable bonds is 6. The molecule has 2 heterocycles. The topological polar surface area (TPSA) is 62.7 Å². The van der Waals surface area contributed by atoms with Crippen molar-refractivity contribution in [2.45, 2.75) is 40.2 Å². The van der Waals surface area contributed by atoms with Crippen LogP contribution in [0.3, 0.4) is 0 Å². The van der Waals surface area contributed by atoms with Crippen LogP contribution in [0.15, 0.2) is 24.4 Å². The highest BCUT2D eigenvalue weighted by Gasteiger charge is 2.13. The van der Waals surface area contributed by atoms with E-state index in [1.54, 1.807) is 0 Å². The van der Waals surface area contributed by atoms with E-state index in [0.717, 1.165) is 41.7 Å². The quantitative estimate of drug-likeness (QED) is 0.852. The minimum Gasteiger partial charge on any atom is -0.370 e. The van der Waals surface area contributed by atoms with Gasteiger partial charge in [0.1, 0.15) is 17.5 Å². The summed E-state index contributed by atoms with van der Waals surface area (Å²) in [5.74, 6) is 2.61. The van der Waals surface area contributed by atoms with Crippen LogP contribution >= 0.6 is 0 Å². The van der Waals surface area contributed by atoms with Gasteiger partial charge >= 0.3 is 0 Å². The second-order valence-corrected chi connectivity index (χ2v) is 4.97. The van der Waals surface area contributed by atoms with Crippen LogP contribution < -0.4 is 10.6 Å². The first-order chi connectivity index (χ1) is 10.2. The highest BCUT2D eigenvalue weighted by molar-refractivity contribution is 5.57. The van der Waals surface area contributed by atoms with Crippen LogP contribution in [-0.2, 0) is 6.42 Å². The molecule has 2 aromatic rings. The molecule has 0 amide bonds. The second-order valence-electron chi connectivity index (χ2n) is 4.97. The molecule has 5 heteroatoms. The third-order valence-corrected chi connectivity index (χ3v) is 3.34. The summed E-state index contributed by atoms with van der Waals surface area (Å²) >= 11 is 0. The molecule has 2 rings (SSSR count). The standard InChI is InChI=1S/C16H23N5/c1-5-14-20-15(17-6-2)11(3)16(21-14)19-12(4)13-9-7-8-10-18-13/h7-10,12H,5-6H2,1-4H3,(H2,17,19,20,21). The zero-order valence-corrected chi connectivity index (χ0v) is 13.1. The normalized spacial score (nSPS) is 12.0. The summed E-state index contributed by atoms with van der Waals surface area (Å²) < 4.78 is 0. The number of hydrogen-bond donors (Lipinski definition) is 2. The maximum atomic E-state index is 4.61. The molecule has 5 nitrogen and oxygen atoms in total. The lowest BCUT2D eigenvalue weighted by Gasteiger charge is -2.18. The number of nitrogens with zero attached hydrogens (tertiary/aromatic N) is 3. The van der Waals surface area contributed by atoms with E-state index in [1.807, 2.05) is 31.3 Å². The van der Waals surface area contributed by atoms with Gasteiger partial charge in [-0.25, -0.2) is 9.97 Å². The Morgan fingerprint density at radius 3 is 2.52 bits per heavy atom. The summed E-state index contributed by atoms with van der Waals surface area (Å²) in [6.45, 7) is 9.09. The van der Waals surface area contributed by atoms with Crippen LogP contribution in [0.5, 0.6) is 0 Å². The Hall–Kier alpha value is -2.17. The fourth-order valence-corrected chi connectivity index (χ4v) is 2.11. The van der Waals surface area contributed by atoms with Gasteiger partial charge in [-0.05, 0) is 32.9 Å². The van der Waals surface area contributed by atoms with E-state index >= 15 is 0 Å². The SMILES string of the molecule is CCNc1nc(CC)nc(NC(C)c2ccccn2)c1C. The van der Waals surface area contributed by atoms with E-state index in [9.17, 15) is 0 Å². The summed E-state index contributed by atoms with van der Waals surface area (Å²) in [6, 6.07) is 6.03. The molecule has 0 aliphatic carbocycles. The van der Waals surface area contributed by atoms with Gasteiger partial charge in [0.05, 0.1) is 11.7 Å². The van der Waals surface area contributed by atoms with E-state index < -0.39 is 0 Å². The Morgan fingerprint density at radius 2 is 1.90 bits per heavy atom. The molecular weight excluding hydrogens is 262 g/mol. The molecule has 1 unspecified atom stereocenters. The summed E-state index contributed by atoms with van der Waals surface area (Å²) in [5.41, 5.74) is 2.04. The van der Waals surface area contributed by atoms with E-state index in [4.69, 9.17) is 0 Å². The van der Waals surface area contributed by atoms with Crippen LogP contribution in [0.4, 0.5) is 11.6 Å². The van der Waals surface area contributed by atoms with Crippen molar-refractivity contribution < 1.29 is 0 Å². The van der Waals surface area contributed by atoms with Gasteiger partial charge in [0.2, 0.25) is 0 Å². The Labute approximate surface area is 126 Å². The van der Waals surface area contributed by atoms with Crippen molar-refractivity contribution in [3.8, 4) is 0 Å². The van der Waals surface area contributed by atoms with Gasteiger partial charge in [-0.15, -0.1) is 0 Å². The third-order valence-electron chi connectivity index (χ3n) is 3.34. The van der Waals surface area contributed by atoms with Gasteiger partial charge < -0.3 is 10.6 Å². The van der Waals surface area contributed by atoms with Crippen molar-refractivity contribution in [3.63, 3.8) is 0 Å². The van der Waals surface area contributed by atoms with Gasteiger partial charge in [0, 0.05) is 24.7 Å². The number of nitrogens with one attached hydrogen (secondary N) is 2. The molecule has 0 saturated heterocycles. The molecule has 0 aromatic carbocycles. The monoisotopic (exact) mass is 285 g/mol. The van der Waals surface area contributed by atoms with E-state index in [2.05, 4.69) is 46.4 Å². The highest BCUT2D eigenvalue weighted by atomic mass is 15.1. The molecule has 2 N–H and O–H groups in total. The number of hydrogen-bond acceptors (Lipinski definition) is 5. The maximum absolute atomic E-state index is 4.61.